The summed E-state index contributed by atoms with van der Waals surface area (Å²) in [5.41, 5.74) is 3.36. The molecule has 1 saturated heterocycles. The SMILES string of the molecule is [I-].c1ccc(COC[C@H]2O[C@H](C[P+](c3ccccc3)(c3ccccc3)c3ccccc3)[C@@H](OCc3ccccc3)[C@@H]2OCc2ccccc2)cc1. The standard InChI is InChI=1S/C45H44O4P.HI/c1-7-19-36(20-8-1)31-46-34-42-44(47-32-37-21-9-2-10-22-37)45(48-33-38-23-11-3-12-24-38)43(49-42)35-50(39-25-13-4-14-26-39,40-27-15-5-16-28-40)41-29-17-6-18-30-41;/h1-30,42-45H,31-35H2;1H/q+1;/p-1/t42-,43-,44-,45-;/m1./s1. The fraction of sp³-hybridized carbons (Fsp3) is 0.200. The molecule has 6 heteroatoms. The molecule has 0 aliphatic carbocycles. The van der Waals surface area contributed by atoms with Crippen molar-refractivity contribution in [3.8, 4) is 0 Å². The van der Waals surface area contributed by atoms with Crippen molar-refractivity contribution >= 4 is 23.2 Å². The van der Waals surface area contributed by atoms with Gasteiger partial charge in [-0.2, -0.15) is 0 Å². The quantitative estimate of drug-likeness (QED) is 0.107. The van der Waals surface area contributed by atoms with E-state index in [4.69, 9.17) is 18.9 Å². The maximum atomic E-state index is 7.17. The van der Waals surface area contributed by atoms with Crippen LogP contribution in [0.4, 0.5) is 0 Å². The Labute approximate surface area is 320 Å². The minimum absolute atomic E-state index is 0. The van der Waals surface area contributed by atoms with E-state index in [0.29, 0.717) is 26.4 Å². The first-order valence-electron chi connectivity index (χ1n) is 17.4. The Hall–Kier alpha value is -3.68. The molecule has 260 valence electrons. The summed E-state index contributed by atoms with van der Waals surface area (Å²) >= 11 is 0. The van der Waals surface area contributed by atoms with Gasteiger partial charge in [0, 0.05) is 0 Å². The van der Waals surface area contributed by atoms with Crippen LogP contribution in [0.25, 0.3) is 0 Å². The lowest BCUT2D eigenvalue weighted by Crippen LogP contribution is -3.00. The van der Waals surface area contributed by atoms with E-state index >= 15 is 0 Å². The Morgan fingerprint density at radius 1 is 0.412 bits per heavy atom. The molecule has 1 aliphatic heterocycles. The number of halogens is 1. The third kappa shape index (κ3) is 9.22. The third-order valence-electron chi connectivity index (χ3n) is 9.42. The van der Waals surface area contributed by atoms with Crippen LogP contribution in [0.2, 0.25) is 0 Å². The van der Waals surface area contributed by atoms with Gasteiger partial charge in [-0.15, -0.1) is 0 Å². The van der Waals surface area contributed by atoms with E-state index in [1.54, 1.807) is 0 Å². The fourth-order valence-electron chi connectivity index (χ4n) is 6.97. The van der Waals surface area contributed by atoms with Gasteiger partial charge >= 0.3 is 0 Å². The summed E-state index contributed by atoms with van der Waals surface area (Å²) in [7, 11) is -2.24. The highest BCUT2D eigenvalue weighted by molar-refractivity contribution is 7.95. The lowest BCUT2D eigenvalue weighted by Gasteiger charge is -2.32. The second-order valence-corrected chi connectivity index (χ2v) is 16.3. The van der Waals surface area contributed by atoms with Crippen molar-refractivity contribution in [3.63, 3.8) is 0 Å². The maximum Gasteiger partial charge on any atom is 0.121 e. The minimum atomic E-state index is -2.24. The van der Waals surface area contributed by atoms with Crippen LogP contribution >= 0.6 is 7.26 Å². The molecule has 0 N–H and O–H groups in total. The number of ether oxygens (including phenoxy) is 4. The molecule has 6 aromatic carbocycles. The van der Waals surface area contributed by atoms with Crippen molar-refractivity contribution in [2.75, 3.05) is 12.8 Å². The Balaban J connectivity index is 0.00000448. The van der Waals surface area contributed by atoms with Crippen molar-refractivity contribution in [1.82, 2.24) is 0 Å². The topological polar surface area (TPSA) is 36.9 Å². The van der Waals surface area contributed by atoms with Crippen molar-refractivity contribution in [2.45, 2.75) is 44.2 Å². The number of hydrogen-bond donors (Lipinski definition) is 0. The van der Waals surface area contributed by atoms with Gasteiger partial charge in [-0.1, -0.05) is 146 Å². The van der Waals surface area contributed by atoms with E-state index in [9.17, 15) is 0 Å². The molecule has 7 rings (SSSR count). The summed E-state index contributed by atoms with van der Waals surface area (Å²) < 4.78 is 27.4. The summed E-state index contributed by atoms with van der Waals surface area (Å²) in [6, 6.07) is 63.9. The maximum absolute atomic E-state index is 7.17. The largest absolute Gasteiger partial charge is 1.00 e. The van der Waals surface area contributed by atoms with Crippen LogP contribution in [0, 0.1) is 0 Å². The summed E-state index contributed by atoms with van der Waals surface area (Å²) in [6.45, 7) is 1.81. The molecular formula is C45H44IO4P. The summed E-state index contributed by atoms with van der Waals surface area (Å²) in [5, 5.41) is 3.94. The van der Waals surface area contributed by atoms with Crippen LogP contribution in [0.3, 0.4) is 0 Å². The minimum Gasteiger partial charge on any atom is -1.00 e. The zero-order valence-electron chi connectivity index (χ0n) is 28.6. The average Bonchev–Trinajstić information content (AvgIpc) is 3.52. The molecule has 6 aromatic rings. The van der Waals surface area contributed by atoms with Gasteiger partial charge in [0.05, 0.1) is 26.4 Å². The molecule has 4 nitrogen and oxygen atoms in total. The Bertz CT molecular complexity index is 1750. The molecule has 0 saturated carbocycles. The zero-order chi connectivity index (χ0) is 33.9. The van der Waals surface area contributed by atoms with Crippen molar-refractivity contribution in [2.24, 2.45) is 0 Å². The molecule has 1 fully saturated rings. The fourth-order valence-corrected chi connectivity index (χ4v) is 11.4. The van der Waals surface area contributed by atoms with Crippen molar-refractivity contribution in [1.29, 1.82) is 0 Å². The molecule has 0 aromatic heterocycles. The molecule has 51 heavy (non-hydrogen) atoms. The molecule has 0 spiro atoms. The third-order valence-corrected chi connectivity index (χ3v) is 13.9. The Morgan fingerprint density at radius 3 is 1.14 bits per heavy atom. The smallest absolute Gasteiger partial charge is 0.121 e. The van der Waals surface area contributed by atoms with Gasteiger partial charge in [0.1, 0.15) is 53.8 Å². The lowest BCUT2D eigenvalue weighted by atomic mass is 10.1. The van der Waals surface area contributed by atoms with Crippen LogP contribution in [0.5, 0.6) is 0 Å². The van der Waals surface area contributed by atoms with E-state index in [2.05, 4.69) is 152 Å². The van der Waals surface area contributed by atoms with Crippen LogP contribution in [0.15, 0.2) is 182 Å². The normalized spacial score (nSPS) is 18.6. The first kappa shape index (κ1) is 37.1. The molecule has 0 bridgehead atoms. The first-order chi connectivity index (χ1) is 24.8. The molecule has 0 amide bonds. The second-order valence-electron chi connectivity index (χ2n) is 12.7. The highest BCUT2D eigenvalue weighted by atomic mass is 127. The van der Waals surface area contributed by atoms with E-state index in [0.717, 1.165) is 22.9 Å². The molecule has 0 unspecified atom stereocenters. The van der Waals surface area contributed by atoms with Crippen LogP contribution in [-0.4, -0.2) is 37.2 Å². The summed E-state index contributed by atoms with van der Waals surface area (Å²) in [5.74, 6) is 0. The van der Waals surface area contributed by atoms with Gasteiger partial charge in [0.2, 0.25) is 0 Å². The number of benzene rings is 6. The predicted molar refractivity (Wildman–Crippen MR) is 205 cm³/mol. The van der Waals surface area contributed by atoms with E-state index in [1.807, 2.05) is 30.3 Å². The molecule has 1 heterocycles. The van der Waals surface area contributed by atoms with E-state index in [1.165, 1.54) is 15.9 Å². The van der Waals surface area contributed by atoms with Gasteiger partial charge in [0.25, 0.3) is 0 Å². The Morgan fingerprint density at radius 2 is 0.745 bits per heavy atom. The summed E-state index contributed by atoms with van der Waals surface area (Å²) in [4.78, 5) is 0. The zero-order valence-corrected chi connectivity index (χ0v) is 31.7. The number of hydrogen-bond acceptors (Lipinski definition) is 4. The first-order valence-corrected chi connectivity index (χ1v) is 19.4. The van der Waals surface area contributed by atoms with Crippen LogP contribution in [-0.2, 0) is 38.8 Å². The van der Waals surface area contributed by atoms with Gasteiger partial charge in [0.15, 0.2) is 0 Å². The van der Waals surface area contributed by atoms with Crippen molar-refractivity contribution < 1.29 is 42.9 Å². The lowest BCUT2D eigenvalue weighted by molar-refractivity contribution is -0.0897. The highest BCUT2D eigenvalue weighted by Gasteiger charge is 2.55. The van der Waals surface area contributed by atoms with E-state index < -0.39 is 7.26 Å². The van der Waals surface area contributed by atoms with Crippen LogP contribution in [0.1, 0.15) is 16.7 Å². The van der Waals surface area contributed by atoms with Crippen molar-refractivity contribution in [3.05, 3.63) is 199 Å². The van der Waals surface area contributed by atoms with Gasteiger partial charge in [-0.05, 0) is 53.1 Å². The van der Waals surface area contributed by atoms with Gasteiger partial charge in [-0.25, -0.2) is 0 Å². The predicted octanol–water partition coefficient (Wildman–Crippen LogP) is 5.14. The van der Waals surface area contributed by atoms with Gasteiger partial charge in [-0.3, -0.25) is 0 Å². The highest BCUT2D eigenvalue weighted by Crippen LogP contribution is 2.57. The molecule has 1 aliphatic rings. The molecule has 0 radical (unpaired) electrons. The van der Waals surface area contributed by atoms with Crippen LogP contribution < -0.4 is 39.9 Å². The Kier molecular flexibility index (Phi) is 13.6. The second kappa shape index (κ2) is 18.7. The number of rotatable bonds is 15. The molecular weight excluding hydrogens is 762 g/mol. The average molecular weight is 807 g/mol. The summed E-state index contributed by atoms with van der Waals surface area (Å²) in [6.07, 6.45) is -0.509. The van der Waals surface area contributed by atoms with E-state index in [-0.39, 0.29) is 48.4 Å². The molecule has 4 atom stereocenters. The monoisotopic (exact) mass is 806 g/mol. The van der Waals surface area contributed by atoms with Gasteiger partial charge < -0.3 is 42.9 Å².